The summed E-state index contributed by atoms with van der Waals surface area (Å²) in [5.41, 5.74) is 1.88. The summed E-state index contributed by atoms with van der Waals surface area (Å²) < 4.78 is 22.7. The van der Waals surface area contributed by atoms with Crippen molar-refractivity contribution in [2.75, 3.05) is 13.2 Å². The van der Waals surface area contributed by atoms with Crippen LogP contribution >= 0.6 is 0 Å². The van der Waals surface area contributed by atoms with E-state index in [1.165, 1.54) is 0 Å². The number of carbonyl (C=O) groups is 1. The number of hydrogen-bond donors (Lipinski definition) is 0. The van der Waals surface area contributed by atoms with Gasteiger partial charge in [-0.2, -0.15) is 10.2 Å². The van der Waals surface area contributed by atoms with Gasteiger partial charge < -0.3 is 23.6 Å². The second kappa shape index (κ2) is 9.66. The summed E-state index contributed by atoms with van der Waals surface area (Å²) >= 11 is 0. The summed E-state index contributed by atoms with van der Waals surface area (Å²) in [6, 6.07) is 12.9. The average Bonchev–Trinajstić information content (AvgIpc) is 3.17. The molecule has 0 aliphatic carbocycles. The number of aromatic nitrogens is 2. The number of amides is 1. The highest BCUT2D eigenvalue weighted by atomic mass is 16.6. The van der Waals surface area contributed by atoms with E-state index in [1.54, 1.807) is 23.1 Å². The Morgan fingerprint density at radius 3 is 2.74 bits per heavy atom. The first-order chi connectivity index (χ1) is 16.6. The van der Waals surface area contributed by atoms with Crippen LogP contribution in [-0.2, 0) is 11.3 Å². The van der Waals surface area contributed by atoms with E-state index in [-0.39, 0.29) is 18.1 Å². The Morgan fingerprint density at radius 2 is 2.03 bits per heavy atom. The fourth-order valence-electron chi connectivity index (χ4n) is 3.64. The van der Waals surface area contributed by atoms with Crippen LogP contribution in [0.1, 0.15) is 45.7 Å². The maximum Gasteiger partial charge on any atom is 0.410 e. The van der Waals surface area contributed by atoms with Crippen LogP contribution < -0.4 is 9.47 Å². The van der Waals surface area contributed by atoms with Crippen LogP contribution in [-0.4, -0.2) is 46.0 Å². The molecule has 0 spiro atoms. The minimum absolute atomic E-state index is 0.0532. The third-order valence-electron chi connectivity index (χ3n) is 5.09. The lowest BCUT2D eigenvalue weighted by molar-refractivity contribution is 0.0225. The molecule has 1 amide bonds. The first-order valence-corrected chi connectivity index (χ1v) is 11.4. The van der Waals surface area contributed by atoms with Crippen molar-refractivity contribution in [3.63, 3.8) is 0 Å². The summed E-state index contributed by atoms with van der Waals surface area (Å²) in [4.78, 5) is 18.8. The number of rotatable bonds is 4. The molecule has 0 bridgehead atoms. The molecule has 9 heteroatoms. The number of fused-ring (bicyclic) bond motifs is 1. The normalized spacial score (nSPS) is 13.5. The van der Waals surface area contributed by atoms with Crippen molar-refractivity contribution in [1.29, 1.82) is 5.26 Å². The van der Waals surface area contributed by atoms with Gasteiger partial charge in [0.05, 0.1) is 30.3 Å². The number of hydrogen-bond acceptors (Lipinski definition) is 8. The highest BCUT2D eigenvalue weighted by Gasteiger charge is 2.27. The lowest BCUT2D eigenvalue weighted by Gasteiger charge is -2.26. The summed E-state index contributed by atoms with van der Waals surface area (Å²) in [7, 11) is 0. The lowest BCUT2D eigenvalue weighted by atomic mass is 10.1. The number of nitrogens with zero attached hydrogens (tertiary/aromatic N) is 4. The van der Waals surface area contributed by atoms with E-state index in [9.17, 15) is 10.1 Å². The third-order valence-corrected chi connectivity index (χ3v) is 5.09. The average molecular weight is 477 g/mol. The molecule has 2 heterocycles. The Bertz CT molecular complexity index is 1270. The van der Waals surface area contributed by atoms with Crippen molar-refractivity contribution in [3.8, 4) is 40.4 Å². The predicted octanol–water partition coefficient (Wildman–Crippen LogP) is 5.19. The maximum absolute atomic E-state index is 12.6. The number of para-hydroxylation sites is 1. The molecule has 1 aliphatic heterocycles. The quantitative estimate of drug-likeness (QED) is 0.506. The zero-order valence-electron chi connectivity index (χ0n) is 20.5. The van der Waals surface area contributed by atoms with E-state index in [0.29, 0.717) is 53.7 Å². The minimum Gasteiger partial charge on any atom is -0.491 e. The van der Waals surface area contributed by atoms with Crippen molar-refractivity contribution in [3.05, 3.63) is 47.5 Å². The van der Waals surface area contributed by atoms with Gasteiger partial charge in [-0.1, -0.05) is 17.3 Å². The molecule has 0 N–H and O–H groups in total. The van der Waals surface area contributed by atoms with Crippen LogP contribution in [0.25, 0.3) is 22.8 Å². The summed E-state index contributed by atoms with van der Waals surface area (Å²) in [6.45, 7) is 10.3. The van der Waals surface area contributed by atoms with Gasteiger partial charge in [-0.25, -0.2) is 4.79 Å². The molecule has 2 aromatic carbocycles. The Labute approximate surface area is 204 Å². The Hall–Kier alpha value is -4.06. The molecule has 0 atom stereocenters. The van der Waals surface area contributed by atoms with Gasteiger partial charge in [-0.05, 0) is 58.9 Å². The van der Waals surface area contributed by atoms with Gasteiger partial charge in [0.1, 0.15) is 29.8 Å². The molecule has 0 unspecified atom stereocenters. The first kappa shape index (κ1) is 24.1. The standard InChI is InChI=1S/C26H28N4O5/c1-16(2)33-21-10-9-17(13-19(21)14-27)24-28-23(29-35-24)20-8-6-7-18-15-30(11-12-32-22(18)20)25(31)34-26(3,4)5/h6-10,13,16H,11-12,15H2,1-5H3. The van der Waals surface area contributed by atoms with E-state index in [4.69, 9.17) is 18.7 Å². The van der Waals surface area contributed by atoms with Gasteiger partial charge in [0.15, 0.2) is 0 Å². The van der Waals surface area contributed by atoms with Gasteiger partial charge in [0, 0.05) is 11.1 Å². The second-order valence-corrected chi connectivity index (χ2v) is 9.46. The van der Waals surface area contributed by atoms with Crippen molar-refractivity contribution in [2.24, 2.45) is 0 Å². The van der Waals surface area contributed by atoms with Gasteiger partial charge >= 0.3 is 6.09 Å². The van der Waals surface area contributed by atoms with Crippen LogP contribution in [0.2, 0.25) is 0 Å². The fraction of sp³-hybridized carbons (Fsp3) is 0.385. The zero-order valence-corrected chi connectivity index (χ0v) is 20.5. The van der Waals surface area contributed by atoms with Gasteiger partial charge in [0.2, 0.25) is 5.82 Å². The number of nitriles is 1. The van der Waals surface area contributed by atoms with Crippen LogP contribution in [0.4, 0.5) is 4.79 Å². The summed E-state index contributed by atoms with van der Waals surface area (Å²) in [5.74, 6) is 1.73. The molecule has 0 radical (unpaired) electrons. The predicted molar refractivity (Wildman–Crippen MR) is 128 cm³/mol. The van der Waals surface area contributed by atoms with Crippen LogP contribution in [0, 0.1) is 11.3 Å². The molecule has 4 rings (SSSR count). The van der Waals surface area contributed by atoms with E-state index in [2.05, 4.69) is 16.2 Å². The van der Waals surface area contributed by atoms with E-state index >= 15 is 0 Å². The van der Waals surface area contributed by atoms with Gasteiger partial charge in [-0.3, -0.25) is 0 Å². The monoisotopic (exact) mass is 476 g/mol. The third kappa shape index (κ3) is 5.54. The number of benzene rings is 2. The molecular formula is C26H28N4O5. The Kier molecular flexibility index (Phi) is 6.65. The second-order valence-electron chi connectivity index (χ2n) is 9.46. The highest BCUT2D eigenvalue weighted by Crippen LogP contribution is 2.35. The first-order valence-electron chi connectivity index (χ1n) is 11.4. The molecule has 182 valence electrons. The largest absolute Gasteiger partial charge is 0.491 e. The molecule has 9 nitrogen and oxygen atoms in total. The molecule has 1 aliphatic rings. The van der Waals surface area contributed by atoms with Gasteiger partial charge in [0.25, 0.3) is 5.89 Å². The SMILES string of the molecule is CC(C)Oc1ccc(-c2nc(-c3cccc4c3OCCN(C(=O)OC(C)(C)C)C4)no2)cc1C#N. The van der Waals surface area contributed by atoms with Crippen LogP contribution in [0.15, 0.2) is 40.9 Å². The molecule has 0 saturated heterocycles. The molecule has 0 saturated carbocycles. The molecule has 1 aromatic heterocycles. The van der Waals surface area contributed by atoms with Gasteiger partial charge in [-0.15, -0.1) is 0 Å². The summed E-state index contributed by atoms with van der Waals surface area (Å²) in [5, 5.41) is 13.7. The van der Waals surface area contributed by atoms with Crippen molar-refractivity contribution in [2.45, 2.75) is 52.9 Å². The van der Waals surface area contributed by atoms with Crippen molar-refractivity contribution >= 4 is 6.09 Å². The molecular weight excluding hydrogens is 448 g/mol. The molecule has 0 fully saturated rings. The summed E-state index contributed by atoms with van der Waals surface area (Å²) in [6.07, 6.45) is -0.443. The van der Waals surface area contributed by atoms with E-state index in [0.717, 1.165) is 5.56 Å². The number of carbonyl (C=O) groups excluding carboxylic acids is 1. The van der Waals surface area contributed by atoms with E-state index < -0.39 is 5.60 Å². The Balaban J connectivity index is 1.61. The van der Waals surface area contributed by atoms with Crippen molar-refractivity contribution < 1.29 is 23.5 Å². The van der Waals surface area contributed by atoms with Crippen LogP contribution in [0.3, 0.4) is 0 Å². The zero-order chi connectivity index (χ0) is 25.2. The fourth-order valence-corrected chi connectivity index (χ4v) is 3.64. The topological polar surface area (TPSA) is 111 Å². The smallest absolute Gasteiger partial charge is 0.410 e. The van der Waals surface area contributed by atoms with Crippen molar-refractivity contribution in [1.82, 2.24) is 15.0 Å². The Morgan fingerprint density at radius 1 is 1.23 bits per heavy atom. The van der Waals surface area contributed by atoms with E-state index in [1.807, 2.05) is 52.8 Å². The molecule has 35 heavy (non-hydrogen) atoms. The highest BCUT2D eigenvalue weighted by molar-refractivity contribution is 5.71. The molecule has 3 aromatic rings. The lowest BCUT2D eigenvalue weighted by Crippen LogP contribution is -2.37. The number of ether oxygens (including phenoxy) is 3. The maximum atomic E-state index is 12.6. The minimum atomic E-state index is -0.583. The van der Waals surface area contributed by atoms with Crippen LogP contribution in [0.5, 0.6) is 11.5 Å².